The lowest BCUT2D eigenvalue weighted by molar-refractivity contribution is -0.119. The van der Waals surface area contributed by atoms with Crippen molar-refractivity contribution in [3.63, 3.8) is 0 Å². The van der Waals surface area contributed by atoms with Crippen LogP contribution in [-0.2, 0) is 11.3 Å². The van der Waals surface area contributed by atoms with Gasteiger partial charge in [-0.1, -0.05) is 74.1 Å². The molecule has 2 atom stereocenters. The van der Waals surface area contributed by atoms with Crippen molar-refractivity contribution in [1.29, 1.82) is 0 Å². The molecular weight excluding hydrogens is 432 g/mol. The molecule has 0 aliphatic carbocycles. The number of hydrogen-bond donors (Lipinski definition) is 1. The van der Waals surface area contributed by atoms with E-state index in [1.165, 1.54) is 17.3 Å². The van der Waals surface area contributed by atoms with Gasteiger partial charge < -0.3 is 10.1 Å². The molecule has 1 aromatic heterocycles. The molecule has 174 valence electrons. The molecule has 1 heterocycles. The molecule has 0 radical (unpaired) electrons. The van der Waals surface area contributed by atoms with Crippen molar-refractivity contribution in [2.75, 3.05) is 5.75 Å². The summed E-state index contributed by atoms with van der Waals surface area (Å²) in [6.45, 7) is 12.6. The fraction of sp³-hybridized carbons (Fsp3) is 0.346. The zero-order valence-electron chi connectivity index (χ0n) is 19.7. The fourth-order valence-corrected chi connectivity index (χ4v) is 4.20. The van der Waals surface area contributed by atoms with Crippen LogP contribution in [0.5, 0.6) is 5.75 Å². The van der Waals surface area contributed by atoms with Crippen LogP contribution in [0.1, 0.15) is 62.7 Å². The van der Waals surface area contributed by atoms with Crippen LogP contribution in [-0.4, -0.2) is 26.4 Å². The Kier molecular flexibility index (Phi) is 8.72. The maximum Gasteiger partial charge on any atom is 0.230 e. The third-order valence-electron chi connectivity index (χ3n) is 5.29. The van der Waals surface area contributed by atoms with Crippen molar-refractivity contribution >= 4 is 17.7 Å². The summed E-state index contributed by atoms with van der Waals surface area (Å²) in [5.74, 6) is 2.14. The molecule has 3 rings (SSSR count). The monoisotopic (exact) mass is 464 g/mol. The number of aromatic nitrogens is 3. The summed E-state index contributed by atoms with van der Waals surface area (Å²) >= 11 is 1.36. The Morgan fingerprint density at radius 1 is 1.06 bits per heavy atom. The quantitative estimate of drug-likeness (QED) is 0.291. The average molecular weight is 465 g/mol. The number of rotatable bonds is 11. The summed E-state index contributed by atoms with van der Waals surface area (Å²) in [4.78, 5) is 12.5. The van der Waals surface area contributed by atoms with Crippen LogP contribution in [0.2, 0.25) is 0 Å². The standard InChI is InChI=1S/C26H32N4O2S/c1-6-16-30-25(20(5)32-23-14-12-21(13-15-23)18(2)3)28-29-26(30)33-17-24(31)27-19(4)22-10-8-7-9-11-22/h6-15,18-20H,1,16-17H2,2-5H3,(H,27,31). The third-order valence-corrected chi connectivity index (χ3v) is 6.26. The zero-order valence-corrected chi connectivity index (χ0v) is 20.5. The Bertz CT molecular complexity index is 1050. The predicted octanol–water partition coefficient (Wildman–Crippen LogP) is 5.70. The summed E-state index contributed by atoms with van der Waals surface area (Å²) in [6, 6.07) is 18.0. The highest BCUT2D eigenvalue weighted by atomic mass is 32.2. The first-order valence-electron chi connectivity index (χ1n) is 11.2. The molecule has 0 spiro atoms. The number of hydrogen-bond acceptors (Lipinski definition) is 5. The van der Waals surface area contributed by atoms with Gasteiger partial charge in [-0.25, -0.2) is 0 Å². The lowest BCUT2D eigenvalue weighted by Crippen LogP contribution is -2.28. The minimum atomic E-state index is -0.302. The largest absolute Gasteiger partial charge is 0.483 e. The molecule has 6 nitrogen and oxygen atoms in total. The molecule has 3 aromatic rings. The van der Waals surface area contributed by atoms with E-state index in [4.69, 9.17) is 4.74 Å². The van der Waals surface area contributed by atoms with E-state index in [9.17, 15) is 4.79 Å². The Morgan fingerprint density at radius 3 is 2.39 bits per heavy atom. The van der Waals surface area contributed by atoms with Crippen LogP contribution in [0.4, 0.5) is 0 Å². The number of nitrogens with zero attached hydrogens (tertiary/aromatic N) is 3. The lowest BCUT2D eigenvalue weighted by atomic mass is 10.0. The van der Waals surface area contributed by atoms with Gasteiger partial charge in [0.05, 0.1) is 11.8 Å². The Balaban J connectivity index is 1.63. The van der Waals surface area contributed by atoms with E-state index in [2.05, 4.69) is 48.1 Å². The van der Waals surface area contributed by atoms with Gasteiger partial charge in [-0.05, 0) is 43.0 Å². The molecule has 0 saturated heterocycles. The van der Waals surface area contributed by atoms with E-state index in [0.29, 0.717) is 23.4 Å². The first-order valence-corrected chi connectivity index (χ1v) is 12.1. The number of benzene rings is 2. The Hall–Kier alpha value is -3.06. The second-order valence-corrected chi connectivity index (χ2v) is 9.15. The molecule has 2 unspecified atom stereocenters. The first-order chi connectivity index (χ1) is 15.9. The van der Waals surface area contributed by atoms with Gasteiger partial charge in [0.15, 0.2) is 17.1 Å². The molecule has 0 fully saturated rings. The highest BCUT2D eigenvalue weighted by Crippen LogP contribution is 2.26. The maximum absolute atomic E-state index is 12.5. The van der Waals surface area contributed by atoms with Gasteiger partial charge in [-0.3, -0.25) is 9.36 Å². The van der Waals surface area contributed by atoms with Gasteiger partial charge >= 0.3 is 0 Å². The first kappa shape index (κ1) is 24.6. The van der Waals surface area contributed by atoms with E-state index in [-0.39, 0.29) is 23.8 Å². The number of nitrogens with one attached hydrogen (secondary N) is 1. The summed E-state index contributed by atoms with van der Waals surface area (Å²) < 4.78 is 8.06. The minimum absolute atomic E-state index is 0.0550. The summed E-state index contributed by atoms with van der Waals surface area (Å²) in [6.07, 6.45) is 1.49. The van der Waals surface area contributed by atoms with Crippen LogP contribution < -0.4 is 10.1 Å². The SMILES string of the molecule is C=CCn1c(SCC(=O)NC(C)c2ccccc2)nnc1C(C)Oc1ccc(C(C)C)cc1. The van der Waals surface area contributed by atoms with Gasteiger partial charge in [-0.15, -0.1) is 16.8 Å². The van der Waals surface area contributed by atoms with Crippen LogP contribution >= 0.6 is 11.8 Å². The van der Waals surface area contributed by atoms with Crippen molar-refractivity contribution in [2.45, 2.75) is 57.5 Å². The maximum atomic E-state index is 12.5. The molecule has 2 aromatic carbocycles. The number of carbonyl (C=O) groups is 1. The van der Waals surface area contributed by atoms with Gasteiger partial charge in [0.2, 0.25) is 5.91 Å². The fourth-order valence-electron chi connectivity index (χ4n) is 3.43. The number of amides is 1. The van der Waals surface area contributed by atoms with Gasteiger partial charge in [0.25, 0.3) is 0 Å². The van der Waals surface area contributed by atoms with Gasteiger partial charge in [0, 0.05) is 6.54 Å². The van der Waals surface area contributed by atoms with Crippen molar-refractivity contribution < 1.29 is 9.53 Å². The third kappa shape index (κ3) is 6.71. The van der Waals surface area contributed by atoms with E-state index in [1.54, 1.807) is 6.08 Å². The smallest absolute Gasteiger partial charge is 0.230 e. The number of carbonyl (C=O) groups excluding carboxylic acids is 1. The molecule has 0 bridgehead atoms. The van der Waals surface area contributed by atoms with E-state index in [1.807, 2.05) is 60.9 Å². The molecule has 7 heteroatoms. The summed E-state index contributed by atoms with van der Waals surface area (Å²) in [7, 11) is 0. The minimum Gasteiger partial charge on any atom is -0.483 e. The van der Waals surface area contributed by atoms with Crippen LogP contribution in [0.25, 0.3) is 0 Å². The molecule has 0 saturated carbocycles. The predicted molar refractivity (Wildman–Crippen MR) is 134 cm³/mol. The molecular formula is C26H32N4O2S. The number of ether oxygens (including phenoxy) is 1. The van der Waals surface area contributed by atoms with Crippen molar-refractivity contribution in [3.05, 3.63) is 84.2 Å². The zero-order chi connectivity index (χ0) is 23.8. The Morgan fingerprint density at radius 2 is 1.76 bits per heavy atom. The van der Waals surface area contributed by atoms with E-state index >= 15 is 0 Å². The summed E-state index contributed by atoms with van der Waals surface area (Å²) in [5, 5.41) is 12.4. The Labute approximate surface area is 200 Å². The topological polar surface area (TPSA) is 69.0 Å². The van der Waals surface area contributed by atoms with E-state index in [0.717, 1.165) is 11.3 Å². The van der Waals surface area contributed by atoms with Crippen LogP contribution in [0.15, 0.2) is 72.4 Å². The molecule has 1 amide bonds. The van der Waals surface area contributed by atoms with Gasteiger partial charge in [0.1, 0.15) is 5.75 Å². The molecule has 33 heavy (non-hydrogen) atoms. The second-order valence-electron chi connectivity index (χ2n) is 8.21. The molecule has 0 aliphatic rings. The van der Waals surface area contributed by atoms with Crippen molar-refractivity contribution in [3.8, 4) is 5.75 Å². The highest BCUT2D eigenvalue weighted by Gasteiger charge is 2.20. The summed E-state index contributed by atoms with van der Waals surface area (Å²) in [5.41, 5.74) is 2.34. The highest BCUT2D eigenvalue weighted by molar-refractivity contribution is 7.99. The lowest BCUT2D eigenvalue weighted by Gasteiger charge is -2.16. The van der Waals surface area contributed by atoms with Crippen molar-refractivity contribution in [2.24, 2.45) is 0 Å². The van der Waals surface area contributed by atoms with Crippen molar-refractivity contribution in [1.82, 2.24) is 20.1 Å². The van der Waals surface area contributed by atoms with E-state index < -0.39 is 0 Å². The average Bonchev–Trinajstić information content (AvgIpc) is 3.21. The van der Waals surface area contributed by atoms with Crippen LogP contribution in [0, 0.1) is 0 Å². The normalized spacial score (nSPS) is 12.9. The van der Waals surface area contributed by atoms with Gasteiger partial charge in [-0.2, -0.15) is 0 Å². The molecule has 0 aliphatic heterocycles. The number of allylic oxidation sites excluding steroid dienone is 1. The number of thioether (sulfide) groups is 1. The second kappa shape index (κ2) is 11.7. The molecule has 1 N–H and O–H groups in total. The van der Waals surface area contributed by atoms with Crippen LogP contribution in [0.3, 0.4) is 0 Å².